The van der Waals surface area contributed by atoms with Crippen LogP contribution in [0.25, 0.3) is 0 Å². The highest BCUT2D eigenvalue weighted by molar-refractivity contribution is 7.16. The lowest BCUT2D eigenvalue weighted by atomic mass is 10.4. The Balaban J connectivity index is 2.04. The molecule has 0 bridgehead atoms. The van der Waals surface area contributed by atoms with Gasteiger partial charge in [0.15, 0.2) is 5.13 Å². The van der Waals surface area contributed by atoms with Crippen LogP contribution in [0.5, 0.6) is 5.75 Å². The first kappa shape index (κ1) is 13.5. The Bertz CT molecular complexity index is 637. The molecule has 0 saturated carbocycles. The summed E-state index contributed by atoms with van der Waals surface area (Å²) in [6, 6.07) is 1.68. The van der Waals surface area contributed by atoms with Crippen LogP contribution in [0.4, 0.5) is 5.13 Å². The molecule has 5 nitrogen and oxygen atoms in total. The maximum Gasteiger partial charge on any atom is 0.267 e. The highest BCUT2D eigenvalue weighted by atomic mass is 32.1. The predicted molar refractivity (Wildman–Crippen MR) is 76.9 cm³/mol. The first-order valence-corrected chi connectivity index (χ1v) is 7.01. The summed E-state index contributed by atoms with van der Waals surface area (Å²) in [5.41, 5.74) is 5.29. The molecule has 1 amide bonds. The maximum absolute atomic E-state index is 11.9. The van der Waals surface area contributed by atoms with Crippen molar-refractivity contribution in [1.82, 2.24) is 4.98 Å². The topological polar surface area (TPSA) is 77.2 Å². The number of nitrogens with two attached hydrogens (primary N) is 1. The molecule has 0 radical (unpaired) electrons. The Morgan fingerprint density at radius 1 is 1.63 bits per heavy atom. The second-order valence-corrected chi connectivity index (χ2v) is 5.28. The summed E-state index contributed by atoms with van der Waals surface area (Å²) in [6.07, 6.45) is 1.61. The van der Waals surface area contributed by atoms with Gasteiger partial charge in [-0.05, 0) is 0 Å². The lowest BCUT2D eigenvalue weighted by Gasteiger charge is -1.97. The molecule has 0 spiro atoms. The quantitative estimate of drug-likeness (QED) is 0.846. The molecule has 2 aromatic rings. The van der Waals surface area contributed by atoms with Crippen molar-refractivity contribution in [3.05, 3.63) is 27.4 Å². The van der Waals surface area contributed by atoms with Crippen molar-refractivity contribution in [3.8, 4) is 17.6 Å². The molecule has 0 unspecified atom stereocenters. The van der Waals surface area contributed by atoms with E-state index in [-0.39, 0.29) is 5.91 Å². The number of ether oxygens (including phenoxy) is 1. The Morgan fingerprint density at radius 3 is 3.16 bits per heavy atom. The van der Waals surface area contributed by atoms with Crippen molar-refractivity contribution in [2.45, 2.75) is 0 Å². The van der Waals surface area contributed by atoms with E-state index in [1.54, 1.807) is 24.8 Å². The van der Waals surface area contributed by atoms with Gasteiger partial charge in [0.1, 0.15) is 5.75 Å². The lowest BCUT2D eigenvalue weighted by molar-refractivity contribution is 0.103. The van der Waals surface area contributed by atoms with Crippen molar-refractivity contribution < 1.29 is 9.53 Å². The average Bonchev–Trinajstić information content (AvgIpc) is 3.05. The van der Waals surface area contributed by atoms with Crippen LogP contribution in [0.15, 0.2) is 17.6 Å². The minimum Gasteiger partial charge on any atom is -0.496 e. The third-order valence-electron chi connectivity index (χ3n) is 2.07. The van der Waals surface area contributed by atoms with Gasteiger partial charge >= 0.3 is 0 Å². The Morgan fingerprint density at radius 2 is 2.47 bits per heavy atom. The number of carbonyl (C=O) groups is 1. The molecule has 7 heteroatoms. The fourth-order valence-corrected chi connectivity index (χ4v) is 2.67. The predicted octanol–water partition coefficient (Wildman–Crippen LogP) is 1.78. The molecule has 2 rings (SSSR count). The number of rotatable bonds is 3. The number of carbonyl (C=O) groups excluding carboxylic acids is 1. The Kier molecular flexibility index (Phi) is 4.52. The third-order valence-corrected chi connectivity index (χ3v) is 3.81. The number of nitrogens with one attached hydrogen (secondary N) is 1. The molecule has 0 aromatic carbocycles. The Hall–Kier alpha value is -1.88. The molecule has 0 aliphatic heterocycles. The van der Waals surface area contributed by atoms with E-state index in [0.717, 1.165) is 4.88 Å². The summed E-state index contributed by atoms with van der Waals surface area (Å²) in [5.74, 6) is 6.06. The van der Waals surface area contributed by atoms with Gasteiger partial charge in [0.25, 0.3) is 5.91 Å². The minimum atomic E-state index is -0.207. The van der Waals surface area contributed by atoms with Gasteiger partial charge in [-0.1, -0.05) is 23.2 Å². The highest BCUT2D eigenvalue weighted by Crippen LogP contribution is 2.23. The van der Waals surface area contributed by atoms with E-state index in [1.807, 2.05) is 0 Å². The van der Waals surface area contributed by atoms with Crippen molar-refractivity contribution in [2.75, 3.05) is 19.0 Å². The van der Waals surface area contributed by atoms with Crippen LogP contribution in [-0.4, -0.2) is 24.5 Å². The third kappa shape index (κ3) is 3.54. The first-order valence-electron chi connectivity index (χ1n) is 5.31. The number of thiazole rings is 1. The fourth-order valence-electron chi connectivity index (χ4n) is 1.23. The van der Waals surface area contributed by atoms with Gasteiger partial charge in [0.05, 0.1) is 29.6 Å². The summed E-state index contributed by atoms with van der Waals surface area (Å²) in [7, 11) is 1.56. The maximum atomic E-state index is 11.9. The number of nitrogens with zero attached hydrogens (tertiary/aromatic N) is 1. The summed E-state index contributed by atoms with van der Waals surface area (Å²) in [4.78, 5) is 17.3. The molecular weight excluding hydrogens is 282 g/mol. The number of aromatic nitrogens is 1. The first-order chi connectivity index (χ1) is 9.22. The zero-order valence-corrected chi connectivity index (χ0v) is 11.7. The zero-order chi connectivity index (χ0) is 13.7. The van der Waals surface area contributed by atoms with E-state index >= 15 is 0 Å². The van der Waals surface area contributed by atoms with Crippen molar-refractivity contribution in [1.29, 1.82) is 0 Å². The molecule has 0 saturated heterocycles. The summed E-state index contributed by atoms with van der Waals surface area (Å²) in [5, 5.41) is 5.00. The summed E-state index contributed by atoms with van der Waals surface area (Å²) >= 11 is 2.63. The molecule has 0 atom stereocenters. The van der Waals surface area contributed by atoms with E-state index < -0.39 is 0 Å². The van der Waals surface area contributed by atoms with E-state index in [2.05, 4.69) is 22.1 Å². The lowest BCUT2D eigenvalue weighted by Crippen LogP contribution is -2.09. The van der Waals surface area contributed by atoms with Crippen molar-refractivity contribution >= 4 is 33.7 Å². The average molecular weight is 293 g/mol. The molecule has 0 fully saturated rings. The molecule has 0 aliphatic rings. The number of anilines is 1. The van der Waals surface area contributed by atoms with E-state index in [4.69, 9.17) is 10.5 Å². The second kappa shape index (κ2) is 6.33. The van der Waals surface area contributed by atoms with Crippen LogP contribution in [0.3, 0.4) is 0 Å². The van der Waals surface area contributed by atoms with Gasteiger partial charge in [-0.2, -0.15) is 0 Å². The van der Waals surface area contributed by atoms with E-state index in [9.17, 15) is 4.79 Å². The second-order valence-electron chi connectivity index (χ2n) is 3.34. The minimum absolute atomic E-state index is 0.207. The standard InChI is InChI=1S/C12H11N3O2S2/c1-17-8-5-10(18-7-8)11(16)15-12-14-6-9(19-12)3-2-4-13/h5-7H,4,13H2,1H3,(H,14,15,16). The number of methoxy groups -OCH3 is 1. The molecule has 0 aliphatic carbocycles. The largest absolute Gasteiger partial charge is 0.496 e. The van der Waals surface area contributed by atoms with Gasteiger partial charge in [-0.25, -0.2) is 4.98 Å². The van der Waals surface area contributed by atoms with Crippen LogP contribution in [0.2, 0.25) is 0 Å². The molecule has 19 heavy (non-hydrogen) atoms. The van der Waals surface area contributed by atoms with Crippen LogP contribution >= 0.6 is 22.7 Å². The number of thiophene rings is 1. The molecule has 3 N–H and O–H groups in total. The zero-order valence-electron chi connectivity index (χ0n) is 10.1. The fraction of sp³-hybridized carbons (Fsp3) is 0.167. The van der Waals surface area contributed by atoms with Crippen molar-refractivity contribution in [3.63, 3.8) is 0 Å². The van der Waals surface area contributed by atoms with Crippen LogP contribution in [0.1, 0.15) is 14.5 Å². The van der Waals surface area contributed by atoms with E-state index in [0.29, 0.717) is 22.3 Å². The van der Waals surface area contributed by atoms with Gasteiger partial charge in [-0.15, -0.1) is 11.3 Å². The molecule has 2 aromatic heterocycles. The van der Waals surface area contributed by atoms with E-state index in [1.165, 1.54) is 22.7 Å². The molecule has 98 valence electrons. The van der Waals surface area contributed by atoms with Crippen LogP contribution in [0, 0.1) is 11.8 Å². The van der Waals surface area contributed by atoms with Crippen LogP contribution < -0.4 is 15.8 Å². The number of hydrogen-bond acceptors (Lipinski definition) is 6. The number of amides is 1. The highest BCUT2D eigenvalue weighted by Gasteiger charge is 2.11. The van der Waals surface area contributed by atoms with Crippen LogP contribution in [-0.2, 0) is 0 Å². The monoisotopic (exact) mass is 293 g/mol. The number of hydrogen-bond donors (Lipinski definition) is 2. The molecule has 2 heterocycles. The molecular formula is C12H11N3O2S2. The summed E-state index contributed by atoms with van der Waals surface area (Å²) < 4.78 is 5.03. The van der Waals surface area contributed by atoms with Gasteiger partial charge in [0.2, 0.25) is 0 Å². The van der Waals surface area contributed by atoms with Crippen molar-refractivity contribution in [2.24, 2.45) is 5.73 Å². The van der Waals surface area contributed by atoms with Gasteiger partial charge in [0, 0.05) is 11.4 Å². The Labute approximate surface area is 118 Å². The van der Waals surface area contributed by atoms with Gasteiger partial charge in [-0.3, -0.25) is 10.1 Å². The smallest absolute Gasteiger partial charge is 0.267 e. The normalized spacial score (nSPS) is 9.58. The van der Waals surface area contributed by atoms with Gasteiger partial charge < -0.3 is 10.5 Å². The SMILES string of the molecule is COc1csc(C(=O)Nc2ncc(C#CCN)s2)c1. The summed E-state index contributed by atoms with van der Waals surface area (Å²) in [6.45, 7) is 0.300.